The number of rotatable bonds is 8. The third kappa shape index (κ3) is 5.60. The average Bonchev–Trinajstić information content (AvgIpc) is 2.38. The minimum Gasteiger partial charge on any atom is -0.394 e. The molecule has 2 unspecified atom stereocenters. The monoisotopic (exact) mass is 253 g/mol. The Labute approximate surface area is 109 Å². The summed E-state index contributed by atoms with van der Waals surface area (Å²) in [5.74, 6) is 0. The highest BCUT2D eigenvalue weighted by atomic mass is 16.5. The topological polar surface area (TPSA) is 61.7 Å². The fraction of sp³-hybridized carbons (Fsp3) is 0.571. The molecule has 2 atom stereocenters. The van der Waals surface area contributed by atoms with Crippen molar-refractivity contribution in [3.05, 3.63) is 35.9 Å². The molecule has 0 bridgehead atoms. The number of hydrogen-bond donors (Lipinski definition) is 3. The molecule has 102 valence electrons. The van der Waals surface area contributed by atoms with Crippen molar-refractivity contribution in [2.75, 3.05) is 19.8 Å². The Kier molecular flexibility index (Phi) is 6.90. The molecule has 1 aromatic rings. The molecule has 0 amide bonds. The van der Waals surface area contributed by atoms with Gasteiger partial charge in [-0.25, -0.2) is 0 Å². The van der Waals surface area contributed by atoms with E-state index < -0.39 is 6.10 Å². The summed E-state index contributed by atoms with van der Waals surface area (Å²) in [6.07, 6.45) is -0.451. The molecule has 4 heteroatoms. The normalized spacial score (nSPS) is 14.7. The molecule has 0 fully saturated rings. The van der Waals surface area contributed by atoms with E-state index in [2.05, 4.69) is 5.32 Å². The third-order valence-corrected chi connectivity index (χ3v) is 2.61. The van der Waals surface area contributed by atoms with Crippen molar-refractivity contribution in [2.24, 2.45) is 0 Å². The highest BCUT2D eigenvalue weighted by molar-refractivity contribution is 5.18. The maximum Gasteiger partial charge on any atom is 0.0898 e. The largest absolute Gasteiger partial charge is 0.394 e. The van der Waals surface area contributed by atoms with E-state index in [0.717, 1.165) is 5.56 Å². The van der Waals surface area contributed by atoms with Crippen molar-refractivity contribution in [1.82, 2.24) is 5.32 Å². The van der Waals surface area contributed by atoms with Crippen molar-refractivity contribution in [2.45, 2.75) is 32.1 Å². The Balaban J connectivity index is 2.36. The molecule has 0 aliphatic heterocycles. The van der Waals surface area contributed by atoms with E-state index in [9.17, 15) is 10.2 Å². The van der Waals surface area contributed by atoms with Crippen LogP contribution < -0.4 is 5.32 Å². The lowest BCUT2D eigenvalue weighted by Gasteiger charge is -2.20. The highest BCUT2D eigenvalue weighted by Gasteiger charge is 2.12. The fourth-order valence-electron chi connectivity index (χ4n) is 1.61. The summed E-state index contributed by atoms with van der Waals surface area (Å²) >= 11 is 0. The summed E-state index contributed by atoms with van der Waals surface area (Å²) < 4.78 is 5.32. The van der Waals surface area contributed by atoms with Crippen LogP contribution in [0, 0.1) is 0 Å². The molecule has 3 N–H and O–H groups in total. The highest BCUT2D eigenvalue weighted by Crippen LogP contribution is 2.11. The zero-order valence-corrected chi connectivity index (χ0v) is 11.0. The Morgan fingerprint density at radius 3 is 2.44 bits per heavy atom. The number of aliphatic hydroxyl groups is 2. The average molecular weight is 253 g/mol. The molecular weight excluding hydrogens is 230 g/mol. The lowest BCUT2D eigenvalue weighted by atomic mass is 10.1. The first-order valence-electron chi connectivity index (χ1n) is 6.32. The van der Waals surface area contributed by atoms with Crippen LogP contribution in [-0.2, 0) is 4.74 Å². The molecule has 0 aromatic heterocycles. The Morgan fingerprint density at radius 2 is 1.89 bits per heavy atom. The van der Waals surface area contributed by atoms with E-state index in [1.807, 2.05) is 44.2 Å². The summed E-state index contributed by atoms with van der Waals surface area (Å²) in [7, 11) is 0. The van der Waals surface area contributed by atoms with Crippen LogP contribution in [0.5, 0.6) is 0 Å². The molecule has 0 spiro atoms. The number of aliphatic hydroxyl groups excluding tert-OH is 2. The van der Waals surface area contributed by atoms with Crippen LogP contribution in [-0.4, -0.2) is 42.2 Å². The van der Waals surface area contributed by atoms with Gasteiger partial charge in [0.1, 0.15) is 0 Å². The van der Waals surface area contributed by atoms with Crippen molar-refractivity contribution in [3.8, 4) is 0 Å². The first-order valence-corrected chi connectivity index (χ1v) is 6.32. The molecule has 1 aromatic carbocycles. The quantitative estimate of drug-likeness (QED) is 0.649. The molecule has 0 saturated heterocycles. The van der Waals surface area contributed by atoms with Gasteiger partial charge in [0, 0.05) is 6.54 Å². The van der Waals surface area contributed by atoms with E-state index in [-0.39, 0.29) is 18.8 Å². The Morgan fingerprint density at radius 1 is 1.22 bits per heavy atom. The number of hydrogen-bond acceptors (Lipinski definition) is 4. The molecule has 0 aliphatic carbocycles. The summed E-state index contributed by atoms with van der Waals surface area (Å²) in [6.45, 7) is 4.56. The van der Waals surface area contributed by atoms with Gasteiger partial charge in [0.05, 0.1) is 31.5 Å². The minimum absolute atomic E-state index is 0.00176. The summed E-state index contributed by atoms with van der Waals surface area (Å²) in [4.78, 5) is 0. The van der Waals surface area contributed by atoms with Gasteiger partial charge in [-0.2, -0.15) is 0 Å². The van der Waals surface area contributed by atoms with E-state index in [1.54, 1.807) is 0 Å². The summed E-state index contributed by atoms with van der Waals surface area (Å²) in [5.41, 5.74) is 1.01. The van der Waals surface area contributed by atoms with Crippen LogP contribution in [0.3, 0.4) is 0 Å². The second-order valence-corrected chi connectivity index (χ2v) is 4.59. The molecular formula is C14H23NO3. The van der Waals surface area contributed by atoms with Gasteiger partial charge >= 0.3 is 0 Å². The van der Waals surface area contributed by atoms with Gasteiger partial charge in [-0.05, 0) is 19.4 Å². The minimum atomic E-state index is -0.565. The molecule has 0 heterocycles. The number of ether oxygens (including phenoxy) is 1. The van der Waals surface area contributed by atoms with Crippen LogP contribution in [0.25, 0.3) is 0 Å². The molecule has 0 radical (unpaired) electrons. The predicted molar refractivity (Wildman–Crippen MR) is 71.4 cm³/mol. The lowest BCUT2D eigenvalue weighted by molar-refractivity contribution is 0.00471. The SMILES string of the molecule is CC(C)OCC(O)CNC(CO)c1ccccc1. The Bertz CT molecular complexity index is 316. The summed E-state index contributed by atoms with van der Waals surface area (Å²) in [5, 5.41) is 22.2. The maximum absolute atomic E-state index is 9.72. The molecule has 0 saturated carbocycles. The first-order chi connectivity index (χ1) is 8.63. The summed E-state index contributed by atoms with van der Waals surface area (Å²) in [6, 6.07) is 9.54. The standard InChI is InChI=1S/C14H23NO3/c1-11(2)18-10-13(17)8-15-14(9-16)12-6-4-3-5-7-12/h3-7,11,13-17H,8-10H2,1-2H3. The van der Waals surface area contributed by atoms with Crippen LogP contribution in [0.2, 0.25) is 0 Å². The first kappa shape index (κ1) is 15.1. The lowest BCUT2D eigenvalue weighted by Crippen LogP contribution is -2.35. The van der Waals surface area contributed by atoms with Gasteiger partial charge in [-0.1, -0.05) is 30.3 Å². The second-order valence-electron chi connectivity index (χ2n) is 4.59. The second kappa shape index (κ2) is 8.21. The zero-order valence-electron chi connectivity index (χ0n) is 11.0. The molecule has 18 heavy (non-hydrogen) atoms. The van der Waals surface area contributed by atoms with Gasteiger partial charge in [0.2, 0.25) is 0 Å². The van der Waals surface area contributed by atoms with Gasteiger partial charge < -0.3 is 20.3 Å². The Hall–Kier alpha value is -0.940. The molecule has 4 nitrogen and oxygen atoms in total. The van der Waals surface area contributed by atoms with E-state index in [4.69, 9.17) is 4.74 Å². The van der Waals surface area contributed by atoms with Crippen molar-refractivity contribution >= 4 is 0 Å². The third-order valence-electron chi connectivity index (χ3n) is 2.61. The van der Waals surface area contributed by atoms with Crippen LogP contribution in [0.1, 0.15) is 25.5 Å². The molecule has 1 rings (SSSR count). The predicted octanol–water partition coefficient (Wildman–Crippen LogP) is 1.10. The fourth-order valence-corrected chi connectivity index (χ4v) is 1.61. The van der Waals surface area contributed by atoms with Gasteiger partial charge in [-0.3, -0.25) is 0 Å². The van der Waals surface area contributed by atoms with Crippen LogP contribution in [0.15, 0.2) is 30.3 Å². The number of nitrogens with one attached hydrogen (secondary N) is 1. The van der Waals surface area contributed by atoms with Crippen molar-refractivity contribution in [1.29, 1.82) is 0 Å². The molecule has 0 aliphatic rings. The van der Waals surface area contributed by atoms with E-state index in [1.165, 1.54) is 0 Å². The van der Waals surface area contributed by atoms with E-state index in [0.29, 0.717) is 13.2 Å². The smallest absolute Gasteiger partial charge is 0.0898 e. The van der Waals surface area contributed by atoms with Crippen LogP contribution in [0.4, 0.5) is 0 Å². The number of benzene rings is 1. The zero-order chi connectivity index (χ0) is 13.4. The van der Waals surface area contributed by atoms with Gasteiger partial charge in [0.25, 0.3) is 0 Å². The maximum atomic E-state index is 9.72. The van der Waals surface area contributed by atoms with Gasteiger partial charge in [0.15, 0.2) is 0 Å². The van der Waals surface area contributed by atoms with Crippen LogP contribution >= 0.6 is 0 Å². The van der Waals surface area contributed by atoms with E-state index >= 15 is 0 Å². The van der Waals surface area contributed by atoms with Crippen molar-refractivity contribution in [3.63, 3.8) is 0 Å². The van der Waals surface area contributed by atoms with Gasteiger partial charge in [-0.15, -0.1) is 0 Å². The van der Waals surface area contributed by atoms with Crippen molar-refractivity contribution < 1.29 is 14.9 Å².